The molecule has 2 aliphatic carbocycles. The summed E-state index contributed by atoms with van der Waals surface area (Å²) in [5.74, 6) is 4.68. The molecule has 0 N–H and O–H groups in total. The summed E-state index contributed by atoms with van der Waals surface area (Å²) in [6.45, 7) is 8.00. The maximum Gasteiger partial charge on any atom is 0.231 e. The van der Waals surface area contributed by atoms with Crippen molar-refractivity contribution >= 4 is 0 Å². The van der Waals surface area contributed by atoms with Gasteiger partial charge in [-0.2, -0.15) is 0 Å². The maximum atomic E-state index is 5.85. The van der Waals surface area contributed by atoms with E-state index >= 15 is 0 Å². The molecule has 28 heavy (non-hydrogen) atoms. The minimum absolute atomic E-state index is 0.284. The fourth-order valence-corrected chi connectivity index (χ4v) is 6.22. The van der Waals surface area contributed by atoms with Crippen LogP contribution in [0.5, 0.6) is 23.0 Å². The summed E-state index contributed by atoms with van der Waals surface area (Å²) in [6.07, 6.45) is 3.94. The van der Waals surface area contributed by atoms with E-state index in [4.69, 9.17) is 18.9 Å². The van der Waals surface area contributed by atoms with Crippen LogP contribution in [-0.4, -0.2) is 13.6 Å². The molecule has 0 amide bonds. The summed E-state index contributed by atoms with van der Waals surface area (Å²) in [4.78, 5) is 0. The summed E-state index contributed by atoms with van der Waals surface area (Å²) < 4.78 is 22.8. The van der Waals surface area contributed by atoms with E-state index in [0.29, 0.717) is 16.7 Å². The van der Waals surface area contributed by atoms with Crippen LogP contribution in [0.25, 0.3) is 11.1 Å². The topological polar surface area (TPSA) is 36.9 Å². The number of fused-ring (bicyclic) bond motifs is 4. The first-order valence-corrected chi connectivity index (χ1v) is 10.3. The molecular formula is C24H26O4. The lowest BCUT2D eigenvalue weighted by molar-refractivity contribution is 0.134. The van der Waals surface area contributed by atoms with Gasteiger partial charge in [0.15, 0.2) is 23.0 Å². The van der Waals surface area contributed by atoms with Gasteiger partial charge in [-0.15, -0.1) is 0 Å². The van der Waals surface area contributed by atoms with E-state index in [9.17, 15) is 0 Å². The van der Waals surface area contributed by atoms with Gasteiger partial charge < -0.3 is 18.9 Å². The van der Waals surface area contributed by atoms with Gasteiger partial charge in [-0.1, -0.05) is 26.8 Å². The molecule has 2 aliphatic heterocycles. The molecule has 4 nitrogen and oxygen atoms in total. The second-order valence-electron chi connectivity index (χ2n) is 9.53. The molecule has 146 valence electrons. The standard InChI is InChI=1S/C24H26O4/c1-23(2)16-6-7-24(23,3)18(11-16)15-8-17(22-21(10-15)27-13-28-22)14-4-5-19-20(9-14)26-12-25-19/h4-5,8-10,16,18H,6-7,11-13H2,1-3H3. The molecular weight excluding hydrogens is 352 g/mol. The molecule has 2 heterocycles. The Labute approximate surface area is 165 Å². The van der Waals surface area contributed by atoms with Crippen LogP contribution >= 0.6 is 0 Å². The number of rotatable bonds is 2. The number of ether oxygens (including phenoxy) is 4. The Kier molecular flexibility index (Phi) is 3.18. The molecule has 4 heteroatoms. The highest BCUT2D eigenvalue weighted by molar-refractivity contribution is 5.77. The zero-order valence-electron chi connectivity index (χ0n) is 16.7. The highest BCUT2D eigenvalue weighted by Crippen LogP contribution is 2.71. The van der Waals surface area contributed by atoms with Gasteiger partial charge in [0, 0.05) is 5.56 Å². The molecule has 2 bridgehead atoms. The van der Waals surface area contributed by atoms with Gasteiger partial charge in [0.05, 0.1) is 0 Å². The monoisotopic (exact) mass is 378 g/mol. The van der Waals surface area contributed by atoms with Crippen molar-refractivity contribution in [2.24, 2.45) is 16.7 Å². The molecule has 0 saturated heterocycles. The van der Waals surface area contributed by atoms with Gasteiger partial charge in [0.1, 0.15) is 0 Å². The first-order chi connectivity index (χ1) is 13.5. The van der Waals surface area contributed by atoms with Gasteiger partial charge in [-0.3, -0.25) is 0 Å². The van der Waals surface area contributed by atoms with Crippen molar-refractivity contribution in [2.45, 2.75) is 46.0 Å². The first-order valence-electron chi connectivity index (χ1n) is 10.3. The Morgan fingerprint density at radius 1 is 0.857 bits per heavy atom. The van der Waals surface area contributed by atoms with Crippen LogP contribution in [-0.2, 0) is 0 Å². The van der Waals surface area contributed by atoms with Crippen LogP contribution in [0.3, 0.4) is 0 Å². The lowest BCUT2D eigenvalue weighted by atomic mass is 9.65. The summed E-state index contributed by atoms with van der Waals surface area (Å²) in [5.41, 5.74) is 4.27. The van der Waals surface area contributed by atoms with Crippen molar-refractivity contribution in [3.05, 3.63) is 35.9 Å². The van der Waals surface area contributed by atoms with Gasteiger partial charge in [-0.25, -0.2) is 0 Å². The quantitative estimate of drug-likeness (QED) is 0.668. The largest absolute Gasteiger partial charge is 0.454 e. The van der Waals surface area contributed by atoms with E-state index in [2.05, 4.69) is 45.0 Å². The van der Waals surface area contributed by atoms with Crippen molar-refractivity contribution in [1.29, 1.82) is 0 Å². The third kappa shape index (κ3) is 2.01. The zero-order valence-corrected chi connectivity index (χ0v) is 16.7. The first kappa shape index (κ1) is 16.6. The molecule has 2 saturated carbocycles. The average Bonchev–Trinajstić information content (AvgIpc) is 3.42. The smallest absolute Gasteiger partial charge is 0.231 e. The highest BCUT2D eigenvalue weighted by atomic mass is 16.7. The van der Waals surface area contributed by atoms with Crippen LogP contribution in [0.4, 0.5) is 0 Å². The molecule has 4 aliphatic rings. The lowest BCUT2D eigenvalue weighted by Crippen LogP contribution is -2.31. The van der Waals surface area contributed by atoms with Gasteiger partial charge in [0.25, 0.3) is 0 Å². The minimum Gasteiger partial charge on any atom is -0.454 e. The Bertz CT molecular complexity index is 979. The molecule has 3 unspecified atom stereocenters. The van der Waals surface area contributed by atoms with Gasteiger partial charge in [0.2, 0.25) is 13.6 Å². The van der Waals surface area contributed by atoms with Crippen molar-refractivity contribution in [1.82, 2.24) is 0 Å². The van der Waals surface area contributed by atoms with Crippen LogP contribution in [0.15, 0.2) is 30.3 Å². The van der Waals surface area contributed by atoms with Crippen LogP contribution in [0.2, 0.25) is 0 Å². The van der Waals surface area contributed by atoms with Crippen molar-refractivity contribution in [3.63, 3.8) is 0 Å². The molecule has 2 aromatic carbocycles. The van der Waals surface area contributed by atoms with Crippen molar-refractivity contribution in [2.75, 3.05) is 13.6 Å². The average molecular weight is 378 g/mol. The lowest BCUT2D eigenvalue weighted by Gasteiger charge is -2.39. The summed E-state index contributed by atoms with van der Waals surface area (Å²) in [6, 6.07) is 10.7. The van der Waals surface area contributed by atoms with E-state index in [0.717, 1.165) is 40.0 Å². The normalized spacial score (nSPS) is 30.8. The highest BCUT2D eigenvalue weighted by Gasteiger charge is 2.61. The molecule has 6 rings (SSSR count). The third-order valence-electron chi connectivity index (χ3n) is 8.37. The fourth-order valence-electron chi connectivity index (χ4n) is 6.22. The summed E-state index contributed by atoms with van der Waals surface area (Å²) in [7, 11) is 0. The molecule has 0 radical (unpaired) electrons. The SMILES string of the molecule is CC1(C)C2CCC1(C)C(c1cc3c(c(-c4ccc5c(c4)OCO5)c1)OCO3)C2. The molecule has 0 spiro atoms. The van der Waals surface area contributed by atoms with E-state index < -0.39 is 0 Å². The Balaban J connectivity index is 1.48. The predicted molar refractivity (Wildman–Crippen MR) is 106 cm³/mol. The predicted octanol–water partition coefficient (Wildman–Crippen LogP) is 5.74. The Morgan fingerprint density at radius 2 is 1.64 bits per heavy atom. The molecule has 0 aromatic heterocycles. The van der Waals surface area contributed by atoms with Crippen LogP contribution in [0.1, 0.15) is 51.5 Å². The number of benzene rings is 2. The molecule has 2 fully saturated rings. The Hall–Kier alpha value is -2.36. The third-order valence-corrected chi connectivity index (χ3v) is 8.37. The number of hydrogen-bond donors (Lipinski definition) is 0. The van der Waals surface area contributed by atoms with E-state index in [-0.39, 0.29) is 13.6 Å². The summed E-state index contributed by atoms with van der Waals surface area (Å²) in [5, 5.41) is 0. The van der Waals surface area contributed by atoms with E-state index in [1.54, 1.807) is 0 Å². The van der Waals surface area contributed by atoms with E-state index in [1.165, 1.54) is 24.8 Å². The van der Waals surface area contributed by atoms with Gasteiger partial charge in [-0.05, 0) is 77.3 Å². The second kappa shape index (κ2) is 5.37. The fraction of sp³-hybridized carbons (Fsp3) is 0.500. The number of hydrogen-bond acceptors (Lipinski definition) is 4. The minimum atomic E-state index is 0.284. The van der Waals surface area contributed by atoms with E-state index in [1.807, 2.05) is 6.07 Å². The van der Waals surface area contributed by atoms with Crippen LogP contribution < -0.4 is 18.9 Å². The van der Waals surface area contributed by atoms with Crippen molar-refractivity contribution < 1.29 is 18.9 Å². The maximum absolute atomic E-state index is 5.85. The zero-order chi connectivity index (χ0) is 19.1. The summed E-state index contributed by atoms with van der Waals surface area (Å²) >= 11 is 0. The Morgan fingerprint density at radius 3 is 2.43 bits per heavy atom. The second-order valence-corrected chi connectivity index (χ2v) is 9.53. The molecule has 3 atom stereocenters. The van der Waals surface area contributed by atoms with Crippen LogP contribution in [0, 0.1) is 16.7 Å². The van der Waals surface area contributed by atoms with Gasteiger partial charge >= 0.3 is 0 Å². The van der Waals surface area contributed by atoms with Crippen molar-refractivity contribution in [3.8, 4) is 34.1 Å². The molecule has 2 aromatic rings.